The molecule has 4 nitrogen and oxygen atoms in total. The number of benzene rings is 1. The van der Waals surface area contributed by atoms with Gasteiger partial charge in [0.05, 0.1) is 0 Å². The number of nitrogens with one attached hydrogen (secondary N) is 3. The van der Waals surface area contributed by atoms with Gasteiger partial charge in [0.1, 0.15) is 0 Å². The van der Waals surface area contributed by atoms with Crippen LogP contribution in [0, 0.1) is 0 Å². The van der Waals surface area contributed by atoms with E-state index in [2.05, 4.69) is 49.7 Å². The average Bonchev–Trinajstić information content (AvgIpc) is 2.57. The monoisotopic (exact) mass is 352 g/mol. The van der Waals surface area contributed by atoms with Gasteiger partial charge in [0, 0.05) is 0 Å². The topological polar surface area (TPSA) is 39.3 Å². The van der Waals surface area contributed by atoms with Crippen LogP contribution in [0.25, 0.3) is 0 Å². The first kappa shape index (κ1) is 19.1. The van der Waals surface area contributed by atoms with Crippen molar-refractivity contribution in [2.75, 3.05) is 52.4 Å². The summed E-state index contributed by atoms with van der Waals surface area (Å²) in [6, 6.07) is 11.1. The Bertz CT molecular complexity index is 372. The third-order valence-electron chi connectivity index (χ3n) is 4.04. The van der Waals surface area contributed by atoms with Crippen molar-refractivity contribution in [1.29, 1.82) is 0 Å². The molecule has 2 rings (SSSR count). The first-order chi connectivity index (χ1) is 11.4. The van der Waals surface area contributed by atoms with E-state index in [-0.39, 0.29) is 19.4 Å². The van der Waals surface area contributed by atoms with E-state index in [1.165, 1.54) is 38.8 Å². The summed E-state index contributed by atoms with van der Waals surface area (Å²) in [6.07, 6.45) is 4.98. The Hall–Kier alpha value is -0.226. The van der Waals surface area contributed by atoms with E-state index in [1.54, 1.807) is 3.87 Å². The molecule has 0 amide bonds. The van der Waals surface area contributed by atoms with Crippen LogP contribution in [-0.4, -0.2) is 55.7 Å². The third-order valence-corrected chi connectivity index (χ3v) is 6.15. The summed E-state index contributed by atoms with van der Waals surface area (Å²) in [4.78, 5) is 0. The van der Waals surface area contributed by atoms with Crippen molar-refractivity contribution < 1.29 is 19.4 Å². The molecule has 0 bridgehead atoms. The number of hydrogen-bond donors (Lipinski definition) is 3. The molecule has 0 unspecified atom stereocenters. The molecule has 128 valence electrons. The van der Waals surface area contributed by atoms with Crippen molar-refractivity contribution in [2.45, 2.75) is 25.7 Å². The first-order valence-electron chi connectivity index (χ1n) is 9.14. The minimum absolute atomic E-state index is 0.164. The van der Waals surface area contributed by atoms with Gasteiger partial charge in [-0.15, -0.1) is 0 Å². The summed E-state index contributed by atoms with van der Waals surface area (Å²) >= 11 is -0.164. The fourth-order valence-corrected chi connectivity index (χ4v) is 4.71. The summed E-state index contributed by atoms with van der Waals surface area (Å²) in [5, 5.41) is 10.7. The normalized spacial score (nSPS) is 20.9. The summed E-state index contributed by atoms with van der Waals surface area (Å²) in [5.74, 6) is 0. The molecule has 1 aromatic rings. The van der Waals surface area contributed by atoms with E-state index in [0.29, 0.717) is 0 Å². The minimum atomic E-state index is -0.164. The van der Waals surface area contributed by atoms with Crippen LogP contribution in [0.2, 0.25) is 0 Å². The summed E-state index contributed by atoms with van der Waals surface area (Å²) in [5.41, 5.74) is 0. The molecule has 0 spiro atoms. The summed E-state index contributed by atoms with van der Waals surface area (Å²) in [7, 11) is 0. The van der Waals surface area contributed by atoms with Crippen LogP contribution >= 0.6 is 0 Å². The fraction of sp³-hybridized carbons (Fsp3) is 0.667. The van der Waals surface area contributed by atoms with Gasteiger partial charge in [-0.2, -0.15) is 0 Å². The molecule has 0 aliphatic carbocycles. The van der Waals surface area contributed by atoms with Crippen molar-refractivity contribution in [3.63, 3.8) is 0 Å². The van der Waals surface area contributed by atoms with Gasteiger partial charge >= 0.3 is 151 Å². The second kappa shape index (κ2) is 13.1. The second-order valence-corrected chi connectivity index (χ2v) is 8.37. The maximum absolute atomic E-state index is 3.59. The molecular weight excluding hydrogens is 320 g/mol. The Morgan fingerprint density at radius 2 is 1.13 bits per heavy atom. The van der Waals surface area contributed by atoms with Crippen LogP contribution in [0.3, 0.4) is 0 Å². The van der Waals surface area contributed by atoms with E-state index in [0.717, 1.165) is 39.3 Å². The molecule has 23 heavy (non-hydrogen) atoms. The number of rotatable bonds is 2. The van der Waals surface area contributed by atoms with E-state index in [9.17, 15) is 0 Å². The number of nitrogens with zero attached hydrogens (tertiary/aromatic N) is 1. The predicted octanol–water partition coefficient (Wildman–Crippen LogP) is 0.954. The molecule has 1 aliphatic heterocycles. The molecule has 0 aromatic heterocycles. The molecule has 1 fully saturated rings. The van der Waals surface area contributed by atoms with E-state index >= 15 is 0 Å². The molecular formula is C18H32N4Ti. The SMILES string of the molecule is c1cc[c]([Ti][N]2CCCNCCCNCCCNCCC2)cc1. The van der Waals surface area contributed by atoms with Gasteiger partial charge < -0.3 is 0 Å². The van der Waals surface area contributed by atoms with Gasteiger partial charge in [-0.25, -0.2) is 0 Å². The van der Waals surface area contributed by atoms with Gasteiger partial charge in [-0.05, 0) is 0 Å². The van der Waals surface area contributed by atoms with Crippen LogP contribution < -0.4 is 19.8 Å². The van der Waals surface area contributed by atoms with Gasteiger partial charge in [0.15, 0.2) is 0 Å². The molecule has 5 heteroatoms. The summed E-state index contributed by atoms with van der Waals surface area (Å²) < 4.78 is 4.28. The molecule has 1 aromatic carbocycles. The Morgan fingerprint density at radius 3 is 1.65 bits per heavy atom. The van der Waals surface area contributed by atoms with Crippen LogP contribution in [-0.2, 0) is 19.4 Å². The van der Waals surface area contributed by atoms with Crippen molar-refractivity contribution in [3.8, 4) is 0 Å². The maximum atomic E-state index is 3.59. The molecule has 0 radical (unpaired) electrons. The average molecular weight is 352 g/mol. The zero-order chi connectivity index (χ0) is 16.0. The standard InChI is InChI=1S/C12H27N4.C6H5.Ti/c1-5-13-7-2-9-15-11-4-12-16-10-3-8-14-6-1;1-2-4-6-5-3-1;/h13-15H,1-12H2;1-5H;/q-1;;+1. The fourth-order valence-electron chi connectivity index (χ4n) is 2.76. The zero-order valence-electron chi connectivity index (χ0n) is 14.3. The van der Waals surface area contributed by atoms with Gasteiger partial charge in [0.2, 0.25) is 0 Å². The molecule has 0 atom stereocenters. The van der Waals surface area contributed by atoms with Crippen LogP contribution in [0.4, 0.5) is 0 Å². The molecule has 1 saturated heterocycles. The molecule has 1 heterocycles. The van der Waals surface area contributed by atoms with Crippen LogP contribution in [0.15, 0.2) is 30.3 Å². The Balaban J connectivity index is 1.76. The van der Waals surface area contributed by atoms with E-state index in [1.807, 2.05) is 0 Å². The van der Waals surface area contributed by atoms with E-state index in [4.69, 9.17) is 0 Å². The van der Waals surface area contributed by atoms with Crippen molar-refractivity contribution in [2.24, 2.45) is 0 Å². The molecule has 1 aliphatic rings. The molecule has 0 saturated carbocycles. The predicted molar refractivity (Wildman–Crippen MR) is 94.7 cm³/mol. The quantitative estimate of drug-likeness (QED) is 0.694. The van der Waals surface area contributed by atoms with Crippen molar-refractivity contribution in [3.05, 3.63) is 30.3 Å². The Kier molecular flexibility index (Phi) is 10.9. The first-order valence-corrected chi connectivity index (χ1v) is 10.6. The third kappa shape index (κ3) is 9.60. The van der Waals surface area contributed by atoms with Gasteiger partial charge in [0.25, 0.3) is 0 Å². The van der Waals surface area contributed by atoms with Crippen LogP contribution in [0.1, 0.15) is 25.7 Å². The van der Waals surface area contributed by atoms with Crippen molar-refractivity contribution >= 4 is 3.87 Å². The summed E-state index contributed by atoms with van der Waals surface area (Å²) in [6.45, 7) is 9.32. The van der Waals surface area contributed by atoms with Gasteiger partial charge in [-0.3, -0.25) is 0 Å². The Labute approximate surface area is 151 Å². The zero-order valence-corrected chi connectivity index (χ0v) is 15.9. The van der Waals surface area contributed by atoms with Gasteiger partial charge in [-0.1, -0.05) is 0 Å². The van der Waals surface area contributed by atoms with Crippen molar-refractivity contribution in [1.82, 2.24) is 19.3 Å². The van der Waals surface area contributed by atoms with Crippen LogP contribution in [0.5, 0.6) is 0 Å². The second-order valence-electron chi connectivity index (χ2n) is 6.13. The van der Waals surface area contributed by atoms with E-state index < -0.39 is 0 Å². The Morgan fingerprint density at radius 1 is 0.652 bits per heavy atom. The number of hydrogen-bond acceptors (Lipinski definition) is 4. The molecule has 3 N–H and O–H groups in total.